The van der Waals surface area contributed by atoms with Gasteiger partial charge in [-0.1, -0.05) is 13.0 Å². The second-order valence-electron chi connectivity index (χ2n) is 7.38. The average Bonchev–Trinajstić information content (AvgIpc) is 2.90. The highest BCUT2D eigenvalue weighted by Gasteiger charge is 2.49. The van der Waals surface area contributed by atoms with Crippen molar-refractivity contribution in [1.82, 2.24) is 0 Å². The Labute approximate surface area is 148 Å². The maximum atomic E-state index is 11.5. The summed E-state index contributed by atoms with van der Waals surface area (Å²) in [4.78, 5) is 11.5. The van der Waals surface area contributed by atoms with E-state index < -0.39 is 0 Å². The number of fused-ring (bicyclic) bond motifs is 4. The minimum absolute atomic E-state index is 0.0171. The van der Waals surface area contributed by atoms with Gasteiger partial charge in [0.2, 0.25) is 0 Å². The normalized spacial score (nSPS) is 29.8. The summed E-state index contributed by atoms with van der Waals surface area (Å²) in [6.07, 6.45) is 4.89. The zero-order valence-corrected chi connectivity index (χ0v) is 15.2. The lowest BCUT2D eigenvalue weighted by molar-refractivity contribution is -0.150. The predicted octanol–water partition coefficient (Wildman–Crippen LogP) is 4.29. The number of hydrogen-bond acceptors (Lipinski definition) is 4. The number of ether oxygens (including phenoxy) is 3. The number of hydrogen-bond donors (Lipinski definition) is 0. The lowest BCUT2D eigenvalue weighted by Gasteiger charge is -2.43. The Hall–Kier alpha value is -2.23. The maximum absolute atomic E-state index is 11.5. The molecule has 0 amide bonds. The summed E-state index contributed by atoms with van der Waals surface area (Å²) < 4.78 is 17.2. The molecule has 25 heavy (non-hydrogen) atoms. The van der Waals surface area contributed by atoms with Crippen LogP contribution in [0.5, 0.6) is 11.5 Å². The molecule has 0 radical (unpaired) electrons. The smallest absolute Gasteiger partial charge is 0.302 e. The highest BCUT2D eigenvalue weighted by Crippen LogP contribution is 2.57. The lowest BCUT2D eigenvalue weighted by Crippen LogP contribution is -2.39. The van der Waals surface area contributed by atoms with Gasteiger partial charge >= 0.3 is 5.97 Å². The summed E-state index contributed by atoms with van der Waals surface area (Å²) in [5.74, 6) is 1.50. The van der Waals surface area contributed by atoms with Crippen LogP contribution in [-0.2, 0) is 9.53 Å². The van der Waals surface area contributed by atoms with E-state index in [2.05, 4.69) is 26.0 Å². The van der Waals surface area contributed by atoms with Crippen LogP contribution in [0.15, 0.2) is 35.4 Å². The minimum Gasteiger partial charge on any atom is -0.497 e. The van der Waals surface area contributed by atoms with Crippen molar-refractivity contribution in [3.8, 4) is 11.5 Å². The molecule has 0 unspecified atom stereocenters. The molecule has 132 valence electrons. The van der Waals surface area contributed by atoms with Crippen molar-refractivity contribution < 1.29 is 19.0 Å². The molecule has 0 bridgehead atoms. The van der Waals surface area contributed by atoms with Crippen LogP contribution < -0.4 is 9.47 Å². The number of rotatable bonds is 2. The Kier molecular flexibility index (Phi) is 3.67. The second-order valence-corrected chi connectivity index (χ2v) is 7.38. The van der Waals surface area contributed by atoms with E-state index in [9.17, 15) is 4.79 Å². The fourth-order valence-electron chi connectivity index (χ4n) is 4.64. The van der Waals surface area contributed by atoms with E-state index in [1.807, 2.05) is 12.1 Å². The topological polar surface area (TPSA) is 44.8 Å². The molecule has 1 heterocycles. The molecule has 0 N–H and O–H groups in total. The fraction of sp³-hybridized carbons (Fsp3) is 0.476. The van der Waals surface area contributed by atoms with E-state index in [1.165, 1.54) is 23.6 Å². The number of carbonyl (C=O) groups excluding carboxylic acids is 1. The molecule has 4 nitrogen and oxygen atoms in total. The van der Waals surface area contributed by atoms with Crippen LogP contribution in [0.3, 0.4) is 0 Å². The van der Waals surface area contributed by atoms with Gasteiger partial charge in [0, 0.05) is 30.4 Å². The number of methoxy groups -OCH3 is 1. The van der Waals surface area contributed by atoms with Crippen molar-refractivity contribution in [3.63, 3.8) is 0 Å². The third kappa shape index (κ3) is 2.38. The van der Waals surface area contributed by atoms with Crippen molar-refractivity contribution in [1.29, 1.82) is 0 Å². The standard InChI is InChI=1S/C21H24O4/c1-12-20-16(15-6-5-14(23-4)11-18(15)24-12)9-10-21(3)17(20)7-8-19(21)25-13(2)22/h5-7,11-12,19H,8-10H2,1-4H3/t12-,19-,21-/m1/s1. The Morgan fingerprint density at radius 2 is 2.16 bits per heavy atom. The average molecular weight is 340 g/mol. The van der Waals surface area contributed by atoms with E-state index in [1.54, 1.807) is 7.11 Å². The van der Waals surface area contributed by atoms with Crippen molar-refractivity contribution in [3.05, 3.63) is 41.0 Å². The third-order valence-corrected chi connectivity index (χ3v) is 5.90. The molecule has 1 aromatic rings. The first-order chi connectivity index (χ1) is 11.9. The van der Waals surface area contributed by atoms with Gasteiger partial charge < -0.3 is 14.2 Å². The molecule has 3 aliphatic rings. The van der Waals surface area contributed by atoms with Gasteiger partial charge in [-0.3, -0.25) is 4.79 Å². The summed E-state index contributed by atoms with van der Waals surface area (Å²) in [7, 11) is 1.67. The molecule has 1 aromatic carbocycles. The Bertz CT molecular complexity index is 804. The van der Waals surface area contributed by atoms with Crippen molar-refractivity contribution >= 4 is 11.5 Å². The molecule has 2 aliphatic carbocycles. The van der Waals surface area contributed by atoms with Crippen LogP contribution in [-0.4, -0.2) is 25.3 Å². The Morgan fingerprint density at radius 1 is 1.36 bits per heavy atom. The quantitative estimate of drug-likeness (QED) is 0.753. The molecular formula is C21H24O4. The van der Waals surface area contributed by atoms with E-state index in [-0.39, 0.29) is 23.6 Å². The van der Waals surface area contributed by atoms with Crippen LogP contribution in [0.4, 0.5) is 0 Å². The van der Waals surface area contributed by atoms with Gasteiger partial charge in [-0.15, -0.1) is 0 Å². The van der Waals surface area contributed by atoms with Crippen LogP contribution in [0.25, 0.3) is 5.57 Å². The van der Waals surface area contributed by atoms with Gasteiger partial charge in [-0.25, -0.2) is 0 Å². The molecule has 0 saturated carbocycles. The van der Waals surface area contributed by atoms with Crippen molar-refractivity contribution in [2.24, 2.45) is 5.41 Å². The molecule has 0 aromatic heterocycles. The van der Waals surface area contributed by atoms with Gasteiger partial charge in [-0.05, 0) is 48.6 Å². The van der Waals surface area contributed by atoms with Crippen molar-refractivity contribution in [2.75, 3.05) is 7.11 Å². The zero-order valence-electron chi connectivity index (χ0n) is 15.2. The van der Waals surface area contributed by atoms with Crippen LogP contribution >= 0.6 is 0 Å². The highest BCUT2D eigenvalue weighted by atomic mass is 16.5. The summed E-state index contributed by atoms with van der Waals surface area (Å²) >= 11 is 0. The van der Waals surface area contributed by atoms with Gasteiger partial charge in [-0.2, -0.15) is 0 Å². The van der Waals surface area contributed by atoms with Crippen molar-refractivity contribution in [2.45, 2.75) is 52.2 Å². The van der Waals surface area contributed by atoms with Gasteiger partial charge in [0.1, 0.15) is 23.7 Å². The Balaban J connectivity index is 1.78. The van der Waals surface area contributed by atoms with Crippen LogP contribution in [0.2, 0.25) is 0 Å². The number of carbonyl (C=O) groups is 1. The summed E-state index contributed by atoms with van der Waals surface area (Å²) in [5, 5.41) is 0. The largest absolute Gasteiger partial charge is 0.497 e. The third-order valence-electron chi connectivity index (χ3n) is 5.90. The zero-order chi connectivity index (χ0) is 17.8. The lowest BCUT2D eigenvalue weighted by atomic mass is 9.66. The monoisotopic (exact) mass is 340 g/mol. The van der Waals surface area contributed by atoms with Crippen LogP contribution in [0.1, 0.15) is 45.6 Å². The number of esters is 1. The first-order valence-corrected chi connectivity index (χ1v) is 8.90. The highest BCUT2D eigenvalue weighted by molar-refractivity contribution is 5.81. The molecule has 0 fully saturated rings. The molecule has 0 spiro atoms. The molecule has 3 atom stereocenters. The minimum atomic E-state index is -0.203. The Morgan fingerprint density at radius 3 is 2.88 bits per heavy atom. The van der Waals surface area contributed by atoms with Gasteiger partial charge in [0.05, 0.1) is 7.11 Å². The van der Waals surface area contributed by atoms with E-state index in [0.717, 1.165) is 36.3 Å². The molecule has 4 heteroatoms. The number of allylic oxidation sites excluding steroid dienone is 1. The van der Waals surface area contributed by atoms with Crippen LogP contribution in [0, 0.1) is 5.41 Å². The second kappa shape index (κ2) is 5.65. The van der Waals surface area contributed by atoms with E-state index in [0.29, 0.717) is 0 Å². The van der Waals surface area contributed by atoms with Gasteiger partial charge in [0.25, 0.3) is 0 Å². The number of benzene rings is 1. The van der Waals surface area contributed by atoms with Gasteiger partial charge in [0.15, 0.2) is 0 Å². The molecule has 0 saturated heterocycles. The molecular weight excluding hydrogens is 316 g/mol. The maximum Gasteiger partial charge on any atom is 0.302 e. The summed E-state index contributed by atoms with van der Waals surface area (Å²) in [6.45, 7) is 5.81. The predicted molar refractivity (Wildman–Crippen MR) is 95.6 cm³/mol. The van der Waals surface area contributed by atoms with E-state index >= 15 is 0 Å². The summed E-state index contributed by atoms with van der Waals surface area (Å²) in [5.41, 5.74) is 4.98. The first kappa shape index (κ1) is 16.2. The fourth-order valence-corrected chi connectivity index (χ4v) is 4.64. The van der Waals surface area contributed by atoms with E-state index in [4.69, 9.17) is 14.2 Å². The summed E-state index contributed by atoms with van der Waals surface area (Å²) in [6, 6.07) is 6.05. The molecule has 1 aliphatic heterocycles. The SMILES string of the molecule is COc1ccc2c(c1)O[C@H](C)C1=C2CC[C@]2(C)C1=CC[C@H]2OC(C)=O. The first-order valence-electron chi connectivity index (χ1n) is 8.90. The molecule has 4 rings (SSSR count).